The van der Waals surface area contributed by atoms with Crippen LogP contribution in [0.2, 0.25) is 0 Å². The van der Waals surface area contributed by atoms with Crippen LogP contribution in [0.3, 0.4) is 0 Å². The van der Waals surface area contributed by atoms with E-state index in [0.29, 0.717) is 0 Å². The zero-order valence-corrected chi connectivity index (χ0v) is 6.84. The van der Waals surface area contributed by atoms with Crippen molar-refractivity contribution in [2.24, 2.45) is 0 Å². The molecule has 1 N–H and O–H groups in total. The van der Waals surface area contributed by atoms with Gasteiger partial charge in [-0.2, -0.15) is 13.2 Å². The van der Waals surface area contributed by atoms with Crippen molar-refractivity contribution in [2.75, 3.05) is 0 Å². The van der Waals surface area contributed by atoms with Crippen molar-refractivity contribution < 1.29 is 18.3 Å². The Kier molecular flexibility index (Phi) is 2.56. The van der Waals surface area contributed by atoms with Crippen LogP contribution in [0.4, 0.5) is 13.2 Å². The molecule has 1 atom stereocenters. The van der Waals surface area contributed by atoms with E-state index in [1.807, 2.05) is 0 Å². The third-order valence-corrected chi connectivity index (χ3v) is 1.56. The van der Waals surface area contributed by atoms with Crippen LogP contribution in [0.15, 0.2) is 18.3 Å². The minimum Gasteiger partial charge on any atom is -0.389 e. The van der Waals surface area contributed by atoms with Gasteiger partial charge in [-0.05, 0) is 24.6 Å². The summed E-state index contributed by atoms with van der Waals surface area (Å²) >= 11 is 0. The van der Waals surface area contributed by atoms with Gasteiger partial charge in [-0.25, -0.2) is 0 Å². The smallest absolute Gasteiger partial charge is 0.389 e. The van der Waals surface area contributed by atoms with Gasteiger partial charge in [0.1, 0.15) is 5.69 Å². The molecule has 1 heterocycles. The number of aliphatic hydroxyl groups is 1. The fourth-order valence-electron chi connectivity index (χ4n) is 0.862. The van der Waals surface area contributed by atoms with Crippen LogP contribution in [0.25, 0.3) is 0 Å². The SMILES string of the molecule is CC(O)c1ccnc(C(F)(F)F)c1. The number of rotatable bonds is 1. The molecule has 1 unspecified atom stereocenters. The van der Waals surface area contributed by atoms with Crippen molar-refractivity contribution in [1.82, 2.24) is 4.98 Å². The van der Waals surface area contributed by atoms with Crippen molar-refractivity contribution in [1.29, 1.82) is 0 Å². The van der Waals surface area contributed by atoms with E-state index in [0.717, 1.165) is 12.3 Å². The normalized spacial score (nSPS) is 14.2. The third kappa shape index (κ3) is 2.42. The standard InChI is InChI=1S/C8H8F3NO/c1-5(13)6-2-3-12-7(4-6)8(9,10)11/h2-5,13H,1H3. The summed E-state index contributed by atoms with van der Waals surface area (Å²) < 4.78 is 36.3. The summed E-state index contributed by atoms with van der Waals surface area (Å²) in [6.45, 7) is 1.40. The summed E-state index contributed by atoms with van der Waals surface area (Å²) in [5.74, 6) is 0. The Morgan fingerprint density at radius 1 is 1.46 bits per heavy atom. The van der Waals surface area contributed by atoms with Crippen molar-refractivity contribution in [3.8, 4) is 0 Å². The molecule has 5 heteroatoms. The lowest BCUT2D eigenvalue weighted by atomic mass is 10.1. The van der Waals surface area contributed by atoms with Crippen LogP contribution in [-0.4, -0.2) is 10.1 Å². The molecule has 72 valence electrons. The second kappa shape index (κ2) is 3.33. The highest BCUT2D eigenvalue weighted by Crippen LogP contribution is 2.28. The molecule has 0 radical (unpaired) electrons. The van der Waals surface area contributed by atoms with Gasteiger partial charge >= 0.3 is 6.18 Å². The topological polar surface area (TPSA) is 33.1 Å². The molecule has 1 aromatic rings. The van der Waals surface area contributed by atoms with Crippen LogP contribution in [0.1, 0.15) is 24.3 Å². The van der Waals surface area contributed by atoms with Gasteiger partial charge < -0.3 is 5.11 Å². The fourth-order valence-corrected chi connectivity index (χ4v) is 0.862. The number of nitrogens with zero attached hydrogens (tertiary/aromatic N) is 1. The third-order valence-electron chi connectivity index (χ3n) is 1.56. The van der Waals surface area contributed by atoms with Gasteiger partial charge in [0.15, 0.2) is 0 Å². The lowest BCUT2D eigenvalue weighted by Gasteiger charge is -2.08. The second-order valence-corrected chi connectivity index (χ2v) is 2.65. The molecule has 0 aliphatic heterocycles. The lowest BCUT2D eigenvalue weighted by Crippen LogP contribution is -2.08. The van der Waals surface area contributed by atoms with E-state index in [2.05, 4.69) is 4.98 Å². The first kappa shape index (κ1) is 9.98. The number of halogens is 3. The molecule has 13 heavy (non-hydrogen) atoms. The predicted molar refractivity (Wildman–Crippen MR) is 39.9 cm³/mol. The summed E-state index contributed by atoms with van der Waals surface area (Å²) in [4.78, 5) is 3.16. The van der Waals surface area contributed by atoms with E-state index in [-0.39, 0.29) is 5.56 Å². The number of hydrogen-bond donors (Lipinski definition) is 1. The van der Waals surface area contributed by atoms with Gasteiger partial charge in [-0.1, -0.05) is 0 Å². The van der Waals surface area contributed by atoms with Crippen molar-refractivity contribution in [3.05, 3.63) is 29.6 Å². The average molecular weight is 191 g/mol. The Morgan fingerprint density at radius 2 is 2.08 bits per heavy atom. The largest absolute Gasteiger partial charge is 0.433 e. The summed E-state index contributed by atoms with van der Waals surface area (Å²) in [5, 5.41) is 9.02. The van der Waals surface area contributed by atoms with Gasteiger partial charge in [0.05, 0.1) is 6.10 Å². The molecule has 2 nitrogen and oxygen atoms in total. The maximum absolute atomic E-state index is 12.1. The zero-order chi connectivity index (χ0) is 10.1. The van der Waals surface area contributed by atoms with Crippen molar-refractivity contribution in [3.63, 3.8) is 0 Å². The molecule has 0 fully saturated rings. The minimum atomic E-state index is -4.45. The first-order chi connectivity index (χ1) is 5.91. The van der Waals surface area contributed by atoms with Crippen molar-refractivity contribution in [2.45, 2.75) is 19.2 Å². The number of aromatic nitrogens is 1. The van der Waals surface area contributed by atoms with E-state index in [1.54, 1.807) is 0 Å². The Labute approximate surface area is 73.0 Å². The highest BCUT2D eigenvalue weighted by Gasteiger charge is 2.32. The first-order valence-electron chi connectivity index (χ1n) is 3.62. The minimum absolute atomic E-state index is 0.210. The van der Waals surface area contributed by atoms with Crippen molar-refractivity contribution >= 4 is 0 Å². The molecule has 0 saturated heterocycles. The summed E-state index contributed by atoms with van der Waals surface area (Å²) in [6.07, 6.45) is -4.33. The molecule has 0 spiro atoms. The van der Waals surface area contributed by atoms with E-state index in [9.17, 15) is 13.2 Å². The van der Waals surface area contributed by atoms with Gasteiger partial charge in [0.2, 0.25) is 0 Å². The van der Waals surface area contributed by atoms with E-state index in [1.165, 1.54) is 13.0 Å². The molecular weight excluding hydrogens is 183 g/mol. The molecule has 0 bridgehead atoms. The number of hydrogen-bond acceptors (Lipinski definition) is 2. The Balaban J connectivity index is 3.06. The van der Waals surface area contributed by atoms with Gasteiger partial charge in [0, 0.05) is 6.20 Å². The molecule has 1 rings (SSSR count). The van der Waals surface area contributed by atoms with E-state index in [4.69, 9.17) is 5.11 Å². The summed E-state index contributed by atoms with van der Waals surface area (Å²) in [6, 6.07) is 2.19. The zero-order valence-electron chi connectivity index (χ0n) is 6.84. The van der Waals surface area contributed by atoms with Gasteiger partial charge in [0.25, 0.3) is 0 Å². The molecule has 0 saturated carbocycles. The Morgan fingerprint density at radius 3 is 2.54 bits per heavy atom. The maximum atomic E-state index is 12.1. The predicted octanol–water partition coefficient (Wildman–Crippen LogP) is 2.15. The quantitative estimate of drug-likeness (QED) is 0.737. The Bertz CT molecular complexity index is 296. The van der Waals surface area contributed by atoms with E-state index >= 15 is 0 Å². The van der Waals surface area contributed by atoms with Crippen LogP contribution in [0.5, 0.6) is 0 Å². The van der Waals surface area contributed by atoms with Crippen LogP contribution >= 0.6 is 0 Å². The van der Waals surface area contributed by atoms with Crippen LogP contribution in [-0.2, 0) is 6.18 Å². The molecule has 0 aromatic carbocycles. The molecule has 1 aromatic heterocycles. The van der Waals surface area contributed by atoms with Gasteiger partial charge in [-0.15, -0.1) is 0 Å². The molecule has 0 aliphatic carbocycles. The molecular formula is C8H8F3NO. The highest BCUT2D eigenvalue weighted by atomic mass is 19.4. The average Bonchev–Trinajstić information content (AvgIpc) is 2.03. The molecule has 0 amide bonds. The highest BCUT2D eigenvalue weighted by molar-refractivity contribution is 5.19. The lowest BCUT2D eigenvalue weighted by molar-refractivity contribution is -0.141. The number of alkyl halides is 3. The van der Waals surface area contributed by atoms with Gasteiger partial charge in [-0.3, -0.25) is 4.98 Å². The first-order valence-corrected chi connectivity index (χ1v) is 3.62. The number of pyridine rings is 1. The van der Waals surface area contributed by atoms with E-state index < -0.39 is 18.0 Å². The summed E-state index contributed by atoms with van der Waals surface area (Å²) in [5.41, 5.74) is -0.770. The Hall–Kier alpha value is -1.10. The fraction of sp³-hybridized carbons (Fsp3) is 0.375. The second-order valence-electron chi connectivity index (χ2n) is 2.65. The monoisotopic (exact) mass is 191 g/mol. The summed E-state index contributed by atoms with van der Waals surface area (Å²) in [7, 11) is 0. The molecule has 0 aliphatic rings. The maximum Gasteiger partial charge on any atom is 0.433 e. The van der Waals surface area contributed by atoms with Crippen LogP contribution < -0.4 is 0 Å². The van der Waals surface area contributed by atoms with Crippen LogP contribution in [0, 0.1) is 0 Å². The number of aliphatic hydroxyl groups excluding tert-OH is 1.